The highest BCUT2D eigenvalue weighted by Crippen LogP contribution is 2.35. The van der Waals surface area contributed by atoms with Gasteiger partial charge in [0.15, 0.2) is 5.96 Å². The van der Waals surface area contributed by atoms with Crippen molar-refractivity contribution in [2.75, 3.05) is 13.7 Å². The maximum absolute atomic E-state index is 13.3. The van der Waals surface area contributed by atoms with E-state index in [4.69, 9.17) is 15.5 Å². The molecule has 0 saturated carbocycles. The van der Waals surface area contributed by atoms with Crippen LogP contribution >= 0.6 is 0 Å². The first kappa shape index (κ1) is 25.8. The fourth-order valence-electron chi connectivity index (χ4n) is 5.23. The highest BCUT2D eigenvalue weighted by molar-refractivity contribution is 5.99. The van der Waals surface area contributed by atoms with Crippen LogP contribution in [-0.4, -0.2) is 58.1 Å². The van der Waals surface area contributed by atoms with Gasteiger partial charge >= 0.3 is 0 Å². The Morgan fingerprint density at radius 2 is 2.06 bits per heavy atom. The molecule has 9 heteroatoms. The first-order chi connectivity index (χ1) is 17.3. The van der Waals surface area contributed by atoms with Crippen LogP contribution in [0.25, 0.3) is 0 Å². The SMILES string of the molecule is CCC1(CC)CC(=O)N([C@H](CCOC)c2cncc(C(=O)N[C@@H]3c4ccccc4C[C@H]3O)c2)C(N)=N1. The highest BCUT2D eigenvalue weighted by Gasteiger charge is 2.40. The van der Waals surface area contributed by atoms with E-state index in [1.165, 1.54) is 11.1 Å². The third-order valence-corrected chi connectivity index (χ3v) is 7.47. The van der Waals surface area contributed by atoms with Crippen molar-refractivity contribution in [3.05, 3.63) is 65.0 Å². The summed E-state index contributed by atoms with van der Waals surface area (Å²) in [6, 6.07) is 8.44. The van der Waals surface area contributed by atoms with E-state index in [0.717, 1.165) is 24.0 Å². The van der Waals surface area contributed by atoms with Crippen LogP contribution in [0.2, 0.25) is 0 Å². The summed E-state index contributed by atoms with van der Waals surface area (Å²) in [5.41, 5.74) is 8.82. The number of aromatic nitrogens is 1. The minimum atomic E-state index is -0.698. The van der Waals surface area contributed by atoms with E-state index in [1.807, 2.05) is 38.1 Å². The lowest BCUT2D eigenvalue weighted by Crippen LogP contribution is -2.52. The van der Waals surface area contributed by atoms with Crippen molar-refractivity contribution in [2.45, 2.75) is 69.7 Å². The number of methoxy groups -OCH3 is 1. The number of carbonyl (C=O) groups excluding carboxylic acids is 2. The lowest BCUT2D eigenvalue weighted by Gasteiger charge is -2.40. The molecule has 0 spiro atoms. The molecule has 4 N–H and O–H groups in total. The number of benzene rings is 1. The summed E-state index contributed by atoms with van der Waals surface area (Å²) in [5.74, 6) is -0.275. The molecular formula is C27H35N5O4. The Labute approximate surface area is 211 Å². The monoisotopic (exact) mass is 493 g/mol. The van der Waals surface area contributed by atoms with Gasteiger partial charge in [0.2, 0.25) is 5.91 Å². The van der Waals surface area contributed by atoms with Crippen LogP contribution in [0.3, 0.4) is 0 Å². The molecule has 4 rings (SSSR count). The Morgan fingerprint density at radius 1 is 1.31 bits per heavy atom. The van der Waals surface area contributed by atoms with Crippen molar-refractivity contribution in [3.8, 4) is 0 Å². The minimum Gasteiger partial charge on any atom is -0.390 e. The number of amides is 2. The first-order valence-electron chi connectivity index (χ1n) is 12.5. The van der Waals surface area contributed by atoms with Crippen LogP contribution < -0.4 is 11.1 Å². The highest BCUT2D eigenvalue weighted by atomic mass is 16.5. The van der Waals surface area contributed by atoms with Gasteiger partial charge in [0.05, 0.1) is 35.7 Å². The number of ether oxygens (including phenoxy) is 1. The zero-order valence-electron chi connectivity index (χ0n) is 21.1. The number of aliphatic hydroxyl groups excluding tert-OH is 1. The molecule has 2 amide bonds. The Kier molecular flexibility index (Phi) is 7.70. The molecule has 0 radical (unpaired) electrons. The van der Waals surface area contributed by atoms with Crippen LogP contribution in [0.15, 0.2) is 47.7 Å². The maximum atomic E-state index is 13.3. The van der Waals surface area contributed by atoms with Gasteiger partial charge in [-0.25, -0.2) is 4.99 Å². The Morgan fingerprint density at radius 3 is 2.75 bits per heavy atom. The third-order valence-electron chi connectivity index (χ3n) is 7.47. The molecular weight excluding hydrogens is 458 g/mol. The number of aliphatic hydroxyl groups is 1. The predicted molar refractivity (Wildman–Crippen MR) is 136 cm³/mol. The van der Waals surface area contributed by atoms with Crippen molar-refractivity contribution < 1.29 is 19.4 Å². The second kappa shape index (κ2) is 10.8. The molecule has 0 saturated heterocycles. The summed E-state index contributed by atoms with van der Waals surface area (Å²) in [6.45, 7) is 4.41. The quantitative estimate of drug-likeness (QED) is 0.492. The van der Waals surface area contributed by atoms with Gasteiger partial charge in [-0.3, -0.25) is 19.5 Å². The van der Waals surface area contributed by atoms with Crippen LogP contribution in [0.1, 0.15) is 78.7 Å². The summed E-state index contributed by atoms with van der Waals surface area (Å²) in [7, 11) is 1.60. The van der Waals surface area contributed by atoms with Gasteiger partial charge in [0.1, 0.15) is 0 Å². The van der Waals surface area contributed by atoms with E-state index >= 15 is 0 Å². The number of nitrogens with zero attached hydrogens (tertiary/aromatic N) is 3. The van der Waals surface area contributed by atoms with E-state index in [-0.39, 0.29) is 24.2 Å². The third kappa shape index (κ3) is 4.99. The smallest absolute Gasteiger partial charge is 0.253 e. The molecule has 36 heavy (non-hydrogen) atoms. The molecule has 0 bridgehead atoms. The Hall–Kier alpha value is -3.30. The molecule has 3 atom stereocenters. The lowest BCUT2D eigenvalue weighted by molar-refractivity contribution is -0.131. The van der Waals surface area contributed by atoms with E-state index in [9.17, 15) is 14.7 Å². The summed E-state index contributed by atoms with van der Waals surface area (Å²) in [5, 5.41) is 13.5. The molecule has 192 valence electrons. The van der Waals surface area contributed by atoms with Crippen LogP contribution in [-0.2, 0) is 16.0 Å². The zero-order valence-corrected chi connectivity index (χ0v) is 21.1. The molecule has 2 heterocycles. The lowest BCUT2D eigenvalue weighted by atomic mass is 9.87. The van der Waals surface area contributed by atoms with E-state index in [1.54, 1.807) is 19.4 Å². The number of hydrogen-bond acceptors (Lipinski definition) is 7. The van der Waals surface area contributed by atoms with Gasteiger partial charge in [-0.2, -0.15) is 0 Å². The van der Waals surface area contributed by atoms with Crippen LogP contribution in [0.4, 0.5) is 0 Å². The molecule has 1 aromatic carbocycles. The minimum absolute atomic E-state index is 0.104. The second-order valence-electron chi connectivity index (χ2n) is 9.57. The van der Waals surface area contributed by atoms with Crippen molar-refractivity contribution >= 4 is 17.8 Å². The molecule has 2 aromatic rings. The number of pyridine rings is 1. The van der Waals surface area contributed by atoms with Crippen molar-refractivity contribution in [1.82, 2.24) is 15.2 Å². The zero-order chi connectivity index (χ0) is 25.9. The topological polar surface area (TPSA) is 130 Å². The number of carbonyl (C=O) groups is 2. The molecule has 1 aromatic heterocycles. The van der Waals surface area contributed by atoms with Gasteiger partial charge in [-0.05, 0) is 42.0 Å². The average Bonchev–Trinajstić information content (AvgIpc) is 3.20. The summed E-state index contributed by atoms with van der Waals surface area (Å²) in [4.78, 5) is 37.0. The molecule has 0 fully saturated rings. The molecule has 1 aliphatic heterocycles. The Bertz CT molecular complexity index is 1150. The number of nitrogens with one attached hydrogen (secondary N) is 1. The summed E-state index contributed by atoms with van der Waals surface area (Å²) < 4.78 is 5.30. The largest absolute Gasteiger partial charge is 0.390 e. The number of rotatable bonds is 9. The van der Waals surface area contributed by atoms with Gasteiger partial charge in [0.25, 0.3) is 5.91 Å². The van der Waals surface area contributed by atoms with Gasteiger partial charge in [-0.15, -0.1) is 0 Å². The van der Waals surface area contributed by atoms with E-state index in [0.29, 0.717) is 30.6 Å². The number of aliphatic imine (C=N–C) groups is 1. The molecule has 9 nitrogen and oxygen atoms in total. The van der Waals surface area contributed by atoms with Crippen molar-refractivity contribution in [3.63, 3.8) is 0 Å². The van der Waals surface area contributed by atoms with E-state index < -0.39 is 23.7 Å². The normalized spacial score (nSPS) is 21.6. The summed E-state index contributed by atoms with van der Waals surface area (Å²) >= 11 is 0. The maximum Gasteiger partial charge on any atom is 0.253 e. The van der Waals surface area contributed by atoms with Gasteiger partial charge < -0.3 is 20.9 Å². The Balaban J connectivity index is 1.61. The van der Waals surface area contributed by atoms with Gasteiger partial charge in [0, 0.05) is 32.5 Å². The van der Waals surface area contributed by atoms with E-state index in [2.05, 4.69) is 10.3 Å². The second-order valence-corrected chi connectivity index (χ2v) is 9.57. The predicted octanol–water partition coefficient (Wildman–Crippen LogP) is 2.65. The first-order valence-corrected chi connectivity index (χ1v) is 12.5. The molecule has 1 aliphatic carbocycles. The molecule has 2 aliphatic rings. The molecule has 0 unspecified atom stereocenters. The van der Waals surface area contributed by atoms with Gasteiger partial charge in [-0.1, -0.05) is 38.1 Å². The summed E-state index contributed by atoms with van der Waals surface area (Å²) in [6.07, 6.45) is 5.09. The fraction of sp³-hybridized carbons (Fsp3) is 0.481. The van der Waals surface area contributed by atoms with Crippen LogP contribution in [0, 0.1) is 0 Å². The standard InChI is InChI=1S/C27H35N5O4/c1-4-27(5-2)14-23(34)32(26(28)31-27)21(10-11-36-3)18-12-19(16-29-15-18)25(35)30-24-20-9-7-6-8-17(20)13-22(24)33/h6-9,12,15-16,21-22,24,33H,4-5,10-11,13-14H2,1-3H3,(H2,28,31)(H,30,35)/t21-,22-,24-/m1/s1. The van der Waals surface area contributed by atoms with Crippen LogP contribution in [0.5, 0.6) is 0 Å². The van der Waals surface area contributed by atoms with Crippen molar-refractivity contribution in [1.29, 1.82) is 0 Å². The number of fused-ring (bicyclic) bond motifs is 1. The number of hydrogen-bond donors (Lipinski definition) is 3. The number of nitrogens with two attached hydrogens (primary N) is 1. The fourth-order valence-corrected chi connectivity index (χ4v) is 5.23. The average molecular weight is 494 g/mol. The number of guanidine groups is 1. The van der Waals surface area contributed by atoms with Crippen molar-refractivity contribution in [2.24, 2.45) is 10.7 Å².